The highest BCUT2D eigenvalue weighted by Gasteiger charge is 2.25. The van der Waals surface area contributed by atoms with Crippen LogP contribution in [0.15, 0.2) is 28.9 Å². The molecule has 1 fully saturated rings. The Hall–Kier alpha value is -1.01. The lowest BCUT2D eigenvalue weighted by atomic mass is 10.1. The Kier molecular flexibility index (Phi) is 5.64. The zero-order chi connectivity index (χ0) is 16.2. The number of piperidine rings is 1. The van der Waals surface area contributed by atoms with E-state index < -0.39 is 0 Å². The van der Waals surface area contributed by atoms with Gasteiger partial charge < -0.3 is 9.73 Å². The first-order valence-electron chi connectivity index (χ1n) is 7.65. The SMILES string of the molecule is O=C(NC[C@H](c1ccco1)N1CCCCC1)c1cc(Cl)sc1Cl. The molecular formula is C16H18Cl2N2O2S. The molecule has 1 N–H and O–H groups in total. The average molecular weight is 373 g/mol. The molecule has 23 heavy (non-hydrogen) atoms. The van der Waals surface area contributed by atoms with Crippen molar-refractivity contribution in [1.82, 2.24) is 10.2 Å². The molecule has 0 aromatic carbocycles. The number of nitrogens with one attached hydrogen (secondary N) is 1. The average Bonchev–Trinajstić information content (AvgIpc) is 3.18. The van der Waals surface area contributed by atoms with Gasteiger partial charge in [0.05, 0.1) is 22.2 Å². The lowest BCUT2D eigenvalue weighted by molar-refractivity contribution is 0.0914. The third kappa shape index (κ3) is 4.10. The van der Waals surface area contributed by atoms with Gasteiger partial charge in [0.2, 0.25) is 0 Å². The van der Waals surface area contributed by atoms with Crippen molar-refractivity contribution in [1.29, 1.82) is 0 Å². The van der Waals surface area contributed by atoms with Gasteiger partial charge in [0.15, 0.2) is 0 Å². The van der Waals surface area contributed by atoms with Gasteiger partial charge in [-0.3, -0.25) is 9.69 Å². The Morgan fingerprint density at radius 2 is 2.13 bits per heavy atom. The predicted molar refractivity (Wildman–Crippen MR) is 93.5 cm³/mol. The number of halogens is 2. The highest BCUT2D eigenvalue weighted by Crippen LogP contribution is 2.31. The molecular weight excluding hydrogens is 355 g/mol. The molecule has 2 aromatic heterocycles. The van der Waals surface area contributed by atoms with Crippen LogP contribution in [0, 0.1) is 0 Å². The van der Waals surface area contributed by atoms with Gasteiger partial charge in [-0.1, -0.05) is 29.6 Å². The fourth-order valence-electron chi connectivity index (χ4n) is 2.90. The van der Waals surface area contributed by atoms with Crippen molar-refractivity contribution in [2.24, 2.45) is 0 Å². The molecule has 0 spiro atoms. The number of carbonyl (C=O) groups excluding carboxylic acids is 1. The van der Waals surface area contributed by atoms with E-state index in [1.165, 1.54) is 30.6 Å². The zero-order valence-electron chi connectivity index (χ0n) is 12.6. The third-order valence-corrected chi connectivity index (χ3v) is 5.55. The fraction of sp³-hybridized carbons (Fsp3) is 0.438. The summed E-state index contributed by atoms with van der Waals surface area (Å²) in [6.07, 6.45) is 5.29. The molecule has 2 aromatic rings. The van der Waals surface area contributed by atoms with Crippen molar-refractivity contribution in [2.45, 2.75) is 25.3 Å². The Morgan fingerprint density at radius 1 is 1.35 bits per heavy atom. The molecule has 1 aliphatic heterocycles. The van der Waals surface area contributed by atoms with Crippen molar-refractivity contribution < 1.29 is 9.21 Å². The van der Waals surface area contributed by atoms with Gasteiger partial charge in [-0.05, 0) is 44.1 Å². The Morgan fingerprint density at radius 3 is 2.74 bits per heavy atom. The molecule has 7 heteroatoms. The van der Waals surface area contributed by atoms with Crippen LogP contribution in [0.2, 0.25) is 8.67 Å². The standard InChI is InChI=1S/C16H18Cl2N2O2S/c17-14-9-11(15(18)23-14)16(21)19-10-12(13-5-4-8-22-13)20-6-2-1-3-7-20/h4-5,8-9,12H,1-3,6-7,10H2,(H,19,21)/t12-/m1/s1. The smallest absolute Gasteiger partial charge is 0.253 e. The minimum atomic E-state index is -0.202. The molecule has 1 aliphatic rings. The van der Waals surface area contributed by atoms with Crippen molar-refractivity contribution in [3.63, 3.8) is 0 Å². The van der Waals surface area contributed by atoms with Crippen molar-refractivity contribution >= 4 is 40.4 Å². The van der Waals surface area contributed by atoms with Crippen LogP contribution in [0.1, 0.15) is 41.4 Å². The van der Waals surface area contributed by atoms with E-state index in [0.717, 1.165) is 18.8 Å². The Bertz CT molecular complexity index is 651. The number of carbonyl (C=O) groups is 1. The molecule has 0 saturated carbocycles. The van der Waals surface area contributed by atoms with E-state index in [2.05, 4.69) is 10.2 Å². The summed E-state index contributed by atoms with van der Waals surface area (Å²) in [6.45, 7) is 2.52. The molecule has 1 saturated heterocycles. The van der Waals surface area contributed by atoms with E-state index in [9.17, 15) is 4.79 Å². The van der Waals surface area contributed by atoms with Crippen molar-refractivity contribution in [3.05, 3.63) is 44.5 Å². The summed E-state index contributed by atoms with van der Waals surface area (Å²) in [5.41, 5.74) is 0.429. The van der Waals surface area contributed by atoms with Crippen LogP contribution in [0.25, 0.3) is 0 Å². The van der Waals surface area contributed by atoms with E-state index in [1.54, 1.807) is 12.3 Å². The van der Waals surface area contributed by atoms with Gasteiger partial charge in [-0.15, -0.1) is 11.3 Å². The molecule has 0 bridgehead atoms. The minimum absolute atomic E-state index is 0.0436. The molecule has 1 amide bonds. The van der Waals surface area contributed by atoms with E-state index in [4.69, 9.17) is 27.6 Å². The molecule has 4 nitrogen and oxygen atoms in total. The first kappa shape index (κ1) is 16.8. The van der Waals surface area contributed by atoms with Crippen LogP contribution in [0.5, 0.6) is 0 Å². The molecule has 0 radical (unpaired) electrons. The van der Waals surface area contributed by atoms with Crippen molar-refractivity contribution in [2.75, 3.05) is 19.6 Å². The predicted octanol–water partition coefficient (Wildman–Crippen LogP) is 4.60. The first-order valence-corrected chi connectivity index (χ1v) is 9.23. The highest BCUT2D eigenvalue weighted by atomic mass is 35.5. The largest absolute Gasteiger partial charge is 0.468 e. The zero-order valence-corrected chi connectivity index (χ0v) is 14.9. The number of furan rings is 1. The normalized spacial score (nSPS) is 17.1. The van der Waals surface area contributed by atoms with E-state index in [-0.39, 0.29) is 11.9 Å². The Labute approximate surface area is 149 Å². The number of nitrogens with zero attached hydrogens (tertiary/aromatic N) is 1. The lowest BCUT2D eigenvalue weighted by Gasteiger charge is -2.33. The number of amides is 1. The van der Waals surface area contributed by atoms with E-state index in [0.29, 0.717) is 20.8 Å². The number of rotatable bonds is 5. The molecule has 124 valence electrons. The topological polar surface area (TPSA) is 45.5 Å². The maximum atomic E-state index is 12.3. The number of likely N-dealkylation sites (tertiary alicyclic amines) is 1. The summed E-state index contributed by atoms with van der Waals surface area (Å²) in [7, 11) is 0. The van der Waals surface area contributed by atoms with Crippen LogP contribution < -0.4 is 5.32 Å². The van der Waals surface area contributed by atoms with Gasteiger partial charge in [0, 0.05) is 6.54 Å². The lowest BCUT2D eigenvalue weighted by Crippen LogP contribution is -2.40. The minimum Gasteiger partial charge on any atom is -0.468 e. The van der Waals surface area contributed by atoms with Gasteiger partial charge in [0.25, 0.3) is 5.91 Å². The van der Waals surface area contributed by atoms with Gasteiger partial charge in [-0.25, -0.2) is 0 Å². The van der Waals surface area contributed by atoms with Gasteiger partial charge in [0.1, 0.15) is 10.1 Å². The first-order chi connectivity index (χ1) is 11.1. The van der Waals surface area contributed by atoms with Crippen LogP contribution >= 0.6 is 34.5 Å². The summed E-state index contributed by atoms with van der Waals surface area (Å²) in [4.78, 5) is 14.7. The third-order valence-electron chi connectivity index (χ3n) is 4.06. The summed E-state index contributed by atoms with van der Waals surface area (Å²) in [6, 6.07) is 5.48. The van der Waals surface area contributed by atoms with E-state index in [1.807, 2.05) is 12.1 Å². The quantitative estimate of drug-likeness (QED) is 0.833. The maximum Gasteiger partial charge on any atom is 0.253 e. The number of hydrogen-bond donors (Lipinski definition) is 1. The summed E-state index contributed by atoms with van der Waals surface area (Å²) >= 11 is 13.2. The Balaban J connectivity index is 1.69. The summed E-state index contributed by atoms with van der Waals surface area (Å²) in [5.74, 6) is 0.674. The molecule has 1 atom stereocenters. The highest BCUT2D eigenvalue weighted by molar-refractivity contribution is 7.20. The molecule has 0 unspecified atom stereocenters. The van der Waals surface area contributed by atoms with Gasteiger partial charge in [-0.2, -0.15) is 0 Å². The van der Waals surface area contributed by atoms with E-state index >= 15 is 0 Å². The second kappa shape index (κ2) is 7.71. The van der Waals surface area contributed by atoms with Crippen LogP contribution in [-0.4, -0.2) is 30.4 Å². The van der Waals surface area contributed by atoms with Gasteiger partial charge >= 0.3 is 0 Å². The van der Waals surface area contributed by atoms with Crippen molar-refractivity contribution in [3.8, 4) is 0 Å². The van der Waals surface area contributed by atoms with Crippen LogP contribution in [0.3, 0.4) is 0 Å². The monoisotopic (exact) mass is 372 g/mol. The summed E-state index contributed by atoms with van der Waals surface area (Å²) < 4.78 is 6.51. The molecule has 3 rings (SSSR count). The summed E-state index contributed by atoms with van der Waals surface area (Å²) in [5, 5.41) is 2.96. The molecule has 3 heterocycles. The second-order valence-corrected chi connectivity index (χ2v) is 7.86. The maximum absolute atomic E-state index is 12.3. The van der Waals surface area contributed by atoms with Crippen LogP contribution in [-0.2, 0) is 0 Å². The van der Waals surface area contributed by atoms with Crippen LogP contribution in [0.4, 0.5) is 0 Å². The number of hydrogen-bond acceptors (Lipinski definition) is 4. The fourth-order valence-corrected chi connectivity index (χ4v) is 4.36. The number of thiophene rings is 1. The molecule has 0 aliphatic carbocycles. The second-order valence-electron chi connectivity index (χ2n) is 5.58.